The molecule has 1 aliphatic rings. The lowest BCUT2D eigenvalue weighted by molar-refractivity contribution is -0.0864. The van der Waals surface area contributed by atoms with Crippen LogP contribution in [0.2, 0.25) is 0 Å². The van der Waals surface area contributed by atoms with Gasteiger partial charge < -0.3 is 10.1 Å². The molecular weight excluding hydrogens is 260 g/mol. The Balaban J connectivity index is 1.82. The third-order valence-electron chi connectivity index (χ3n) is 4.79. The minimum atomic E-state index is 0.0543. The maximum absolute atomic E-state index is 6.07. The SMILES string of the molecule is CCC1(CC)CC(Nc2ccnc3ccccc23)CCO1. The molecule has 1 saturated heterocycles. The van der Waals surface area contributed by atoms with Gasteiger partial charge in [0.2, 0.25) is 0 Å². The molecule has 3 nitrogen and oxygen atoms in total. The van der Waals surface area contributed by atoms with Crippen molar-refractivity contribution in [2.75, 3.05) is 11.9 Å². The Morgan fingerprint density at radius 3 is 2.86 bits per heavy atom. The molecule has 1 aromatic heterocycles. The van der Waals surface area contributed by atoms with Gasteiger partial charge in [-0.3, -0.25) is 4.98 Å². The number of hydrogen-bond acceptors (Lipinski definition) is 3. The van der Waals surface area contributed by atoms with Crippen LogP contribution in [-0.4, -0.2) is 23.2 Å². The second kappa shape index (κ2) is 6.02. The largest absolute Gasteiger partial charge is 0.382 e. The number of aromatic nitrogens is 1. The number of para-hydroxylation sites is 1. The highest BCUT2D eigenvalue weighted by Gasteiger charge is 2.34. The molecule has 1 unspecified atom stereocenters. The van der Waals surface area contributed by atoms with E-state index in [9.17, 15) is 0 Å². The van der Waals surface area contributed by atoms with E-state index in [0.29, 0.717) is 6.04 Å². The van der Waals surface area contributed by atoms with Crippen LogP contribution in [0, 0.1) is 0 Å². The Hall–Kier alpha value is -1.61. The lowest BCUT2D eigenvalue weighted by atomic mass is 9.86. The first kappa shape index (κ1) is 14.3. The van der Waals surface area contributed by atoms with Crippen LogP contribution in [0.5, 0.6) is 0 Å². The van der Waals surface area contributed by atoms with Gasteiger partial charge in [-0.05, 0) is 37.8 Å². The van der Waals surface area contributed by atoms with Gasteiger partial charge in [0, 0.05) is 29.9 Å². The first-order valence-corrected chi connectivity index (χ1v) is 8.00. The molecule has 1 aliphatic heterocycles. The molecule has 0 saturated carbocycles. The predicted octanol–water partition coefficient (Wildman–Crippen LogP) is 4.38. The molecule has 112 valence electrons. The standard InChI is InChI=1S/C18H24N2O/c1-3-18(4-2)13-14(10-12-21-18)20-17-9-11-19-16-8-6-5-7-15(16)17/h5-9,11,14H,3-4,10,12-13H2,1-2H3,(H,19,20). The molecule has 0 bridgehead atoms. The number of hydrogen-bond donors (Lipinski definition) is 1. The van der Waals surface area contributed by atoms with Crippen LogP contribution in [0.1, 0.15) is 39.5 Å². The van der Waals surface area contributed by atoms with Gasteiger partial charge in [0.1, 0.15) is 0 Å². The molecule has 3 heteroatoms. The van der Waals surface area contributed by atoms with Gasteiger partial charge in [-0.15, -0.1) is 0 Å². The van der Waals surface area contributed by atoms with Crippen LogP contribution in [0.4, 0.5) is 5.69 Å². The van der Waals surface area contributed by atoms with E-state index < -0.39 is 0 Å². The Kier molecular flexibility index (Phi) is 4.11. The fraction of sp³-hybridized carbons (Fsp3) is 0.500. The van der Waals surface area contributed by atoms with Crippen LogP contribution >= 0.6 is 0 Å². The van der Waals surface area contributed by atoms with Crippen molar-refractivity contribution in [3.05, 3.63) is 36.5 Å². The Morgan fingerprint density at radius 1 is 1.24 bits per heavy atom. The number of nitrogens with one attached hydrogen (secondary N) is 1. The number of pyridine rings is 1. The van der Waals surface area contributed by atoms with E-state index in [4.69, 9.17) is 4.74 Å². The molecule has 21 heavy (non-hydrogen) atoms. The summed E-state index contributed by atoms with van der Waals surface area (Å²) in [7, 11) is 0. The monoisotopic (exact) mass is 284 g/mol. The fourth-order valence-corrected chi connectivity index (χ4v) is 3.34. The van der Waals surface area contributed by atoms with Crippen LogP contribution in [-0.2, 0) is 4.74 Å². The highest BCUT2D eigenvalue weighted by molar-refractivity contribution is 5.90. The molecule has 0 amide bonds. The third-order valence-corrected chi connectivity index (χ3v) is 4.79. The summed E-state index contributed by atoms with van der Waals surface area (Å²) in [4.78, 5) is 4.43. The maximum Gasteiger partial charge on any atom is 0.0722 e. The minimum Gasteiger partial charge on any atom is -0.382 e. The van der Waals surface area contributed by atoms with E-state index in [1.54, 1.807) is 0 Å². The molecule has 1 N–H and O–H groups in total. The molecule has 2 heterocycles. The van der Waals surface area contributed by atoms with Crippen molar-refractivity contribution in [2.24, 2.45) is 0 Å². The zero-order chi connectivity index (χ0) is 14.7. The summed E-state index contributed by atoms with van der Waals surface area (Å²) in [5, 5.41) is 4.93. The van der Waals surface area contributed by atoms with Crippen molar-refractivity contribution in [2.45, 2.75) is 51.2 Å². The normalized spacial score (nSPS) is 21.3. The fourth-order valence-electron chi connectivity index (χ4n) is 3.34. The van der Waals surface area contributed by atoms with Gasteiger partial charge in [0.25, 0.3) is 0 Å². The van der Waals surface area contributed by atoms with E-state index in [1.807, 2.05) is 12.3 Å². The molecule has 1 atom stereocenters. The van der Waals surface area contributed by atoms with Crippen LogP contribution in [0.3, 0.4) is 0 Å². The van der Waals surface area contributed by atoms with Gasteiger partial charge in [-0.1, -0.05) is 32.0 Å². The molecule has 3 rings (SSSR count). The van der Waals surface area contributed by atoms with Gasteiger partial charge in [-0.2, -0.15) is 0 Å². The average Bonchev–Trinajstić information content (AvgIpc) is 2.55. The first-order chi connectivity index (χ1) is 10.3. The minimum absolute atomic E-state index is 0.0543. The summed E-state index contributed by atoms with van der Waals surface area (Å²) in [5.41, 5.74) is 2.29. The van der Waals surface area contributed by atoms with Gasteiger partial charge in [0.15, 0.2) is 0 Å². The van der Waals surface area contributed by atoms with Gasteiger partial charge in [0.05, 0.1) is 11.1 Å². The topological polar surface area (TPSA) is 34.2 Å². The highest BCUT2D eigenvalue weighted by atomic mass is 16.5. The Morgan fingerprint density at radius 2 is 2.05 bits per heavy atom. The maximum atomic E-state index is 6.07. The molecule has 0 spiro atoms. The average molecular weight is 284 g/mol. The van der Waals surface area contributed by atoms with E-state index in [-0.39, 0.29) is 5.60 Å². The lowest BCUT2D eigenvalue weighted by Crippen LogP contribution is -2.43. The van der Waals surface area contributed by atoms with Crippen molar-refractivity contribution < 1.29 is 4.74 Å². The number of fused-ring (bicyclic) bond motifs is 1. The number of anilines is 1. The first-order valence-electron chi connectivity index (χ1n) is 8.00. The molecule has 1 fully saturated rings. The number of ether oxygens (including phenoxy) is 1. The quantitative estimate of drug-likeness (QED) is 0.904. The van der Waals surface area contributed by atoms with Crippen LogP contribution in [0.15, 0.2) is 36.5 Å². The van der Waals surface area contributed by atoms with Gasteiger partial charge >= 0.3 is 0 Å². The van der Waals surface area contributed by atoms with Crippen molar-refractivity contribution in [1.29, 1.82) is 0 Å². The van der Waals surface area contributed by atoms with Crippen molar-refractivity contribution >= 4 is 16.6 Å². The summed E-state index contributed by atoms with van der Waals surface area (Å²) < 4.78 is 6.07. The van der Waals surface area contributed by atoms with Crippen molar-refractivity contribution in [3.63, 3.8) is 0 Å². The Labute approximate surface area is 126 Å². The second-order valence-corrected chi connectivity index (χ2v) is 5.95. The van der Waals surface area contributed by atoms with E-state index in [0.717, 1.165) is 37.8 Å². The smallest absolute Gasteiger partial charge is 0.0722 e. The number of nitrogens with zero attached hydrogens (tertiary/aromatic N) is 1. The zero-order valence-corrected chi connectivity index (χ0v) is 12.9. The van der Waals surface area contributed by atoms with Crippen LogP contribution in [0.25, 0.3) is 10.9 Å². The molecule has 0 aliphatic carbocycles. The highest BCUT2D eigenvalue weighted by Crippen LogP contribution is 2.33. The van der Waals surface area contributed by atoms with Crippen molar-refractivity contribution in [1.82, 2.24) is 4.98 Å². The summed E-state index contributed by atoms with van der Waals surface area (Å²) in [6, 6.07) is 10.9. The third kappa shape index (κ3) is 2.88. The van der Waals surface area contributed by atoms with Crippen molar-refractivity contribution in [3.8, 4) is 0 Å². The lowest BCUT2D eigenvalue weighted by Gasteiger charge is -2.40. The zero-order valence-electron chi connectivity index (χ0n) is 12.9. The summed E-state index contributed by atoms with van der Waals surface area (Å²) >= 11 is 0. The Bertz CT molecular complexity index is 602. The second-order valence-electron chi connectivity index (χ2n) is 5.95. The molecule has 1 aromatic carbocycles. The van der Waals surface area contributed by atoms with E-state index in [2.05, 4.69) is 48.4 Å². The molecular formula is C18H24N2O. The molecule has 2 aromatic rings. The molecule has 0 radical (unpaired) electrons. The summed E-state index contributed by atoms with van der Waals surface area (Å²) in [6.07, 6.45) is 6.20. The summed E-state index contributed by atoms with van der Waals surface area (Å²) in [6.45, 7) is 5.31. The van der Waals surface area contributed by atoms with E-state index in [1.165, 1.54) is 11.1 Å². The van der Waals surface area contributed by atoms with Gasteiger partial charge in [-0.25, -0.2) is 0 Å². The van der Waals surface area contributed by atoms with Crippen LogP contribution < -0.4 is 5.32 Å². The number of rotatable bonds is 4. The number of benzene rings is 1. The van der Waals surface area contributed by atoms with E-state index >= 15 is 0 Å². The predicted molar refractivity (Wildman–Crippen MR) is 87.7 cm³/mol. The summed E-state index contributed by atoms with van der Waals surface area (Å²) in [5.74, 6) is 0.